The number of aliphatic carboxylic acids is 1. The fourth-order valence-electron chi connectivity index (χ4n) is 6.89. The number of methoxy groups -OCH3 is 2. The molecule has 4 aromatic carbocycles. The third-order valence-electron chi connectivity index (χ3n) is 9.78. The number of carbonyl (C=O) groups is 2. The summed E-state index contributed by atoms with van der Waals surface area (Å²) in [5, 5.41) is 9.95. The van der Waals surface area contributed by atoms with Gasteiger partial charge in [0.2, 0.25) is 0 Å². The number of nitrogens with zero attached hydrogens (tertiary/aromatic N) is 3. The predicted molar refractivity (Wildman–Crippen MR) is 201 cm³/mol. The van der Waals surface area contributed by atoms with Crippen molar-refractivity contribution >= 4 is 28.3 Å². The van der Waals surface area contributed by atoms with E-state index in [0.29, 0.717) is 35.6 Å². The summed E-state index contributed by atoms with van der Waals surface area (Å²) in [6, 6.07) is 29.9. The fraction of sp³-hybridized carbons (Fsp3) is 0.333. The molecule has 9 nitrogen and oxygen atoms in total. The summed E-state index contributed by atoms with van der Waals surface area (Å²) in [7, 11) is 3.31. The van der Waals surface area contributed by atoms with Gasteiger partial charge >= 0.3 is 5.97 Å². The number of para-hydroxylation sites is 3. The number of hydrogen-bond donors (Lipinski definition) is 1. The molecule has 0 amide bonds. The van der Waals surface area contributed by atoms with E-state index in [4.69, 9.17) is 19.3 Å². The first-order chi connectivity index (χ1) is 24.9. The van der Waals surface area contributed by atoms with Gasteiger partial charge in [0.15, 0.2) is 17.3 Å². The second-order valence-electron chi connectivity index (χ2n) is 12.9. The Morgan fingerprint density at radius 3 is 2.25 bits per heavy atom. The van der Waals surface area contributed by atoms with E-state index in [1.54, 1.807) is 26.4 Å². The lowest BCUT2D eigenvalue weighted by Gasteiger charge is -2.37. The Balaban J connectivity index is 1.18. The van der Waals surface area contributed by atoms with Crippen LogP contribution in [0, 0.1) is 0 Å². The Hall–Kier alpha value is -5.28. The average molecular weight is 690 g/mol. The molecule has 1 fully saturated rings. The van der Waals surface area contributed by atoms with Crippen LogP contribution in [0.25, 0.3) is 10.9 Å². The zero-order chi connectivity index (χ0) is 35.7. The molecule has 1 aromatic heterocycles. The molecule has 1 saturated heterocycles. The Kier molecular flexibility index (Phi) is 11.6. The Labute approximate surface area is 300 Å². The summed E-state index contributed by atoms with van der Waals surface area (Å²) in [6.07, 6.45) is 3.90. The first-order valence-electron chi connectivity index (χ1n) is 17.8. The van der Waals surface area contributed by atoms with Crippen LogP contribution in [0.1, 0.15) is 59.3 Å². The molecular formula is C42H47N3O6. The van der Waals surface area contributed by atoms with E-state index in [0.717, 1.165) is 73.5 Å². The van der Waals surface area contributed by atoms with Gasteiger partial charge < -0.3 is 28.8 Å². The van der Waals surface area contributed by atoms with E-state index in [9.17, 15) is 9.59 Å². The number of ether oxygens (including phenoxy) is 3. The van der Waals surface area contributed by atoms with E-state index in [-0.39, 0.29) is 18.3 Å². The summed E-state index contributed by atoms with van der Waals surface area (Å²) in [4.78, 5) is 29.9. The number of anilines is 1. The van der Waals surface area contributed by atoms with Crippen LogP contribution in [0.2, 0.25) is 0 Å². The third-order valence-corrected chi connectivity index (χ3v) is 9.78. The lowest BCUT2D eigenvalue weighted by atomic mass is 10.0. The highest BCUT2D eigenvalue weighted by Crippen LogP contribution is 2.35. The van der Waals surface area contributed by atoms with Crippen LogP contribution in [-0.4, -0.2) is 73.3 Å². The molecule has 266 valence electrons. The Morgan fingerprint density at radius 1 is 0.804 bits per heavy atom. The van der Waals surface area contributed by atoms with Gasteiger partial charge in [0, 0.05) is 80.3 Å². The highest BCUT2D eigenvalue weighted by atomic mass is 16.5. The SMILES string of the molecule is CCc1ccc(C(CCN2CCN(c3ccccc3OC)CC2)Oc2ccc(C(=O)c3cn(CCCC(=O)O)c4ccccc34)cc2OC)cc1. The number of fused-ring (bicyclic) bond motifs is 1. The molecule has 9 heteroatoms. The van der Waals surface area contributed by atoms with Gasteiger partial charge in [-0.15, -0.1) is 0 Å². The van der Waals surface area contributed by atoms with Crippen molar-refractivity contribution in [2.75, 3.05) is 51.8 Å². The highest BCUT2D eigenvalue weighted by molar-refractivity contribution is 6.16. The van der Waals surface area contributed by atoms with Gasteiger partial charge in [-0.3, -0.25) is 14.5 Å². The number of aryl methyl sites for hydroxylation is 2. The topological polar surface area (TPSA) is 93.5 Å². The lowest BCUT2D eigenvalue weighted by molar-refractivity contribution is -0.137. The molecule has 1 aliphatic heterocycles. The second-order valence-corrected chi connectivity index (χ2v) is 12.9. The number of piperazine rings is 1. The number of aromatic nitrogens is 1. The molecule has 1 atom stereocenters. The summed E-state index contributed by atoms with van der Waals surface area (Å²) >= 11 is 0. The smallest absolute Gasteiger partial charge is 0.303 e. The molecule has 0 saturated carbocycles. The molecule has 1 unspecified atom stereocenters. The molecule has 5 aromatic rings. The molecular weight excluding hydrogens is 642 g/mol. The van der Waals surface area contributed by atoms with E-state index in [2.05, 4.69) is 53.1 Å². The zero-order valence-electron chi connectivity index (χ0n) is 29.7. The van der Waals surface area contributed by atoms with Crippen molar-refractivity contribution in [1.82, 2.24) is 9.47 Å². The number of ketones is 1. The van der Waals surface area contributed by atoms with Gasteiger partial charge in [-0.2, -0.15) is 0 Å². The zero-order valence-corrected chi connectivity index (χ0v) is 29.7. The van der Waals surface area contributed by atoms with Crippen LogP contribution in [0.3, 0.4) is 0 Å². The van der Waals surface area contributed by atoms with Crippen molar-refractivity contribution in [3.8, 4) is 17.2 Å². The van der Waals surface area contributed by atoms with Gasteiger partial charge in [-0.1, -0.05) is 61.5 Å². The van der Waals surface area contributed by atoms with Crippen LogP contribution in [0.5, 0.6) is 17.2 Å². The molecule has 51 heavy (non-hydrogen) atoms. The van der Waals surface area contributed by atoms with Crippen LogP contribution in [0.4, 0.5) is 5.69 Å². The van der Waals surface area contributed by atoms with E-state index in [1.807, 2.05) is 53.2 Å². The van der Waals surface area contributed by atoms with Crippen molar-refractivity contribution in [2.24, 2.45) is 0 Å². The van der Waals surface area contributed by atoms with Crippen molar-refractivity contribution in [3.05, 3.63) is 119 Å². The number of carboxylic acids is 1. The number of benzene rings is 4. The van der Waals surface area contributed by atoms with Gasteiger partial charge in [0.05, 0.1) is 19.9 Å². The van der Waals surface area contributed by atoms with Gasteiger partial charge in [-0.05, 0) is 60.4 Å². The normalized spacial score (nSPS) is 14.0. The van der Waals surface area contributed by atoms with E-state index in [1.165, 1.54) is 5.56 Å². The molecule has 0 radical (unpaired) electrons. The third kappa shape index (κ3) is 8.37. The molecule has 0 aliphatic carbocycles. The summed E-state index contributed by atoms with van der Waals surface area (Å²) in [5.41, 5.74) is 5.45. The first kappa shape index (κ1) is 35.5. The first-order valence-corrected chi connectivity index (χ1v) is 17.8. The molecule has 1 N–H and O–H groups in total. The summed E-state index contributed by atoms with van der Waals surface area (Å²) in [5.74, 6) is 1.01. The second kappa shape index (κ2) is 16.6. The minimum atomic E-state index is -0.833. The van der Waals surface area contributed by atoms with Crippen LogP contribution >= 0.6 is 0 Å². The highest BCUT2D eigenvalue weighted by Gasteiger charge is 2.24. The molecule has 0 bridgehead atoms. The summed E-state index contributed by atoms with van der Waals surface area (Å²) < 4.78 is 20.1. The van der Waals surface area contributed by atoms with E-state index < -0.39 is 5.97 Å². The Morgan fingerprint density at radius 2 is 1.53 bits per heavy atom. The van der Waals surface area contributed by atoms with Crippen molar-refractivity contribution in [1.29, 1.82) is 0 Å². The minimum absolute atomic E-state index is 0.0682. The maximum Gasteiger partial charge on any atom is 0.303 e. The standard InChI is InChI=1S/C42H47N3O6/c1-4-30-15-17-31(18-16-30)37(21-23-43-24-26-44(27-25-43)36-12-7-8-13-38(36)49-2)51-39-20-19-32(28-40(39)50-3)42(48)34-29-45(22-9-14-41(46)47)35-11-6-5-10-33(34)35/h5-8,10-13,15-20,28-29,37H,4,9,14,21-27H2,1-3H3,(H,46,47). The van der Waals surface area contributed by atoms with Crippen molar-refractivity contribution < 1.29 is 28.9 Å². The molecule has 6 rings (SSSR count). The maximum atomic E-state index is 13.9. The summed E-state index contributed by atoms with van der Waals surface area (Å²) in [6.45, 7) is 7.25. The van der Waals surface area contributed by atoms with Crippen LogP contribution in [0.15, 0.2) is 97.2 Å². The van der Waals surface area contributed by atoms with Gasteiger partial charge in [0.1, 0.15) is 11.9 Å². The van der Waals surface area contributed by atoms with Crippen LogP contribution in [-0.2, 0) is 17.8 Å². The van der Waals surface area contributed by atoms with Crippen LogP contribution < -0.4 is 19.1 Å². The maximum absolute atomic E-state index is 13.9. The molecule has 1 aliphatic rings. The predicted octanol–water partition coefficient (Wildman–Crippen LogP) is 7.65. The molecule has 2 heterocycles. The van der Waals surface area contributed by atoms with Crippen molar-refractivity contribution in [3.63, 3.8) is 0 Å². The monoisotopic (exact) mass is 689 g/mol. The van der Waals surface area contributed by atoms with E-state index >= 15 is 0 Å². The van der Waals surface area contributed by atoms with Gasteiger partial charge in [-0.25, -0.2) is 0 Å². The number of rotatable bonds is 16. The average Bonchev–Trinajstić information content (AvgIpc) is 3.54. The fourth-order valence-corrected chi connectivity index (χ4v) is 6.89. The quantitative estimate of drug-likeness (QED) is 0.106. The number of carbonyl (C=O) groups excluding carboxylic acids is 1. The minimum Gasteiger partial charge on any atom is -0.495 e. The van der Waals surface area contributed by atoms with Gasteiger partial charge in [0.25, 0.3) is 0 Å². The Bertz CT molecular complexity index is 1940. The lowest BCUT2D eigenvalue weighted by Crippen LogP contribution is -2.47. The number of hydrogen-bond acceptors (Lipinski definition) is 7. The molecule has 0 spiro atoms. The van der Waals surface area contributed by atoms with Crippen molar-refractivity contribution in [2.45, 2.75) is 45.3 Å². The number of carboxylic acid groups (broad SMARTS) is 1. The largest absolute Gasteiger partial charge is 0.495 e.